The van der Waals surface area contributed by atoms with Gasteiger partial charge in [0.15, 0.2) is 0 Å². The Labute approximate surface area is 125 Å². The van der Waals surface area contributed by atoms with Gasteiger partial charge in [0.2, 0.25) is 0 Å². The van der Waals surface area contributed by atoms with Crippen LogP contribution < -0.4 is 11.1 Å². The molecule has 0 radical (unpaired) electrons. The number of nitrogens with two attached hydrogens (primary N) is 1. The molecule has 2 aromatic rings. The lowest BCUT2D eigenvalue weighted by molar-refractivity contribution is 0.0602. The molecule has 0 unspecified atom stereocenters. The molecule has 0 aliphatic carbocycles. The minimum atomic E-state index is -0.476. The molecule has 0 amide bonds. The molecule has 0 aliphatic heterocycles. The van der Waals surface area contributed by atoms with Gasteiger partial charge in [0, 0.05) is 30.2 Å². The highest BCUT2D eigenvalue weighted by molar-refractivity contribution is 7.09. The second kappa shape index (κ2) is 6.58. The highest BCUT2D eigenvalue weighted by Crippen LogP contribution is 2.29. The number of carbonyl (C=O) groups excluding carboxylic acids is 1. The van der Waals surface area contributed by atoms with Gasteiger partial charge in [0.05, 0.1) is 28.4 Å². The minimum absolute atomic E-state index is 0.330. The van der Waals surface area contributed by atoms with Crippen LogP contribution in [0.5, 0.6) is 0 Å². The van der Waals surface area contributed by atoms with E-state index in [1.165, 1.54) is 7.11 Å². The summed E-state index contributed by atoms with van der Waals surface area (Å²) in [5.74, 6) is -0.476. The van der Waals surface area contributed by atoms with E-state index < -0.39 is 5.97 Å². The zero-order chi connectivity index (χ0) is 14.5. The SMILES string of the molecule is COC(=O)c1cc(N)cc(Cl)c1NCCc1nccs1. The van der Waals surface area contributed by atoms with E-state index in [0.29, 0.717) is 28.5 Å². The fourth-order valence-corrected chi connectivity index (χ4v) is 2.66. The van der Waals surface area contributed by atoms with Crippen LogP contribution >= 0.6 is 22.9 Å². The topological polar surface area (TPSA) is 77.2 Å². The molecule has 0 bridgehead atoms. The molecule has 1 aromatic heterocycles. The Hall–Kier alpha value is -1.79. The number of nitrogens with one attached hydrogen (secondary N) is 1. The number of benzene rings is 1. The molecule has 5 nitrogen and oxygen atoms in total. The van der Waals surface area contributed by atoms with Crippen molar-refractivity contribution in [3.63, 3.8) is 0 Å². The quantitative estimate of drug-likeness (QED) is 0.656. The van der Waals surface area contributed by atoms with Gasteiger partial charge in [-0.25, -0.2) is 9.78 Å². The van der Waals surface area contributed by atoms with E-state index >= 15 is 0 Å². The number of hydrogen-bond acceptors (Lipinski definition) is 6. The average molecular weight is 312 g/mol. The summed E-state index contributed by atoms with van der Waals surface area (Å²) in [4.78, 5) is 15.9. The van der Waals surface area contributed by atoms with E-state index in [9.17, 15) is 4.79 Å². The highest BCUT2D eigenvalue weighted by atomic mass is 35.5. The number of esters is 1. The Morgan fingerprint density at radius 3 is 3.00 bits per heavy atom. The van der Waals surface area contributed by atoms with Crippen molar-refractivity contribution in [3.05, 3.63) is 39.3 Å². The van der Waals surface area contributed by atoms with Crippen molar-refractivity contribution in [3.8, 4) is 0 Å². The summed E-state index contributed by atoms with van der Waals surface area (Å²) in [6.45, 7) is 0.612. The predicted molar refractivity (Wildman–Crippen MR) is 81.5 cm³/mol. The normalized spacial score (nSPS) is 10.3. The zero-order valence-corrected chi connectivity index (χ0v) is 12.4. The number of carbonyl (C=O) groups is 1. The van der Waals surface area contributed by atoms with Gasteiger partial charge >= 0.3 is 5.97 Å². The summed E-state index contributed by atoms with van der Waals surface area (Å²) in [6.07, 6.45) is 2.51. The Balaban J connectivity index is 2.15. The second-order valence-corrected chi connectivity index (χ2v) is 5.41. The predicted octanol–water partition coefficient (Wildman–Crippen LogP) is 2.82. The lowest BCUT2D eigenvalue weighted by Crippen LogP contribution is -2.12. The number of ether oxygens (including phenoxy) is 1. The summed E-state index contributed by atoms with van der Waals surface area (Å²) in [7, 11) is 1.32. The van der Waals surface area contributed by atoms with Crippen LogP contribution in [0.3, 0.4) is 0 Å². The molecule has 3 N–H and O–H groups in total. The number of nitrogen functional groups attached to an aromatic ring is 1. The summed E-state index contributed by atoms with van der Waals surface area (Å²) < 4.78 is 4.74. The number of anilines is 2. The lowest BCUT2D eigenvalue weighted by atomic mass is 10.1. The number of thiazole rings is 1. The van der Waals surface area contributed by atoms with E-state index in [2.05, 4.69) is 10.3 Å². The molecular weight excluding hydrogens is 298 g/mol. The fraction of sp³-hybridized carbons (Fsp3) is 0.231. The van der Waals surface area contributed by atoms with Crippen molar-refractivity contribution in [1.29, 1.82) is 0 Å². The Morgan fingerprint density at radius 1 is 1.55 bits per heavy atom. The Kier molecular flexibility index (Phi) is 4.81. The molecule has 0 fully saturated rings. The van der Waals surface area contributed by atoms with Crippen molar-refractivity contribution < 1.29 is 9.53 Å². The van der Waals surface area contributed by atoms with Gasteiger partial charge in [-0.1, -0.05) is 11.6 Å². The first-order chi connectivity index (χ1) is 9.61. The number of aromatic nitrogens is 1. The largest absolute Gasteiger partial charge is 0.465 e. The van der Waals surface area contributed by atoms with Crippen molar-refractivity contribution in [1.82, 2.24) is 4.98 Å². The molecule has 2 rings (SSSR count). The molecule has 1 aromatic carbocycles. The molecule has 20 heavy (non-hydrogen) atoms. The maximum Gasteiger partial charge on any atom is 0.340 e. The molecule has 106 valence electrons. The van der Waals surface area contributed by atoms with Crippen LogP contribution in [0.1, 0.15) is 15.4 Å². The van der Waals surface area contributed by atoms with Crippen molar-refractivity contribution >= 4 is 40.3 Å². The van der Waals surface area contributed by atoms with Crippen LogP contribution in [-0.4, -0.2) is 24.6 Å². The molecule has 0 saturated heterocycles. The van der Waals surface area contributed by atoms with Gasteiger partial charge in [-0.2, -0.15) is 0 Å². The average Bonchev–Trinajstić information content (AvgIpc) is 2.93. The van der Waals surface area contributed by atoms with E-state index in [0.717, 1.165) is 11.4 Å². The van der Waals surface area contributed by atoms with Gasteiger partial charge in [-0.05, 0) is 12.1 Å². The van der Waals surface area contributed by atoms with Gasteiger partial charge in [0.1, 0.15) is 0 Å². The van der Waals surface area contributed by atoms with Gasteiger partial charge in [-0.15, -0.1) is 11.3 Å². The number of nitrogens with zero attached hydrogens (tertiary/aromatic N) is 1. The zero-order valence-electron chi connectivity index (χ0n) is 10.9. The maximum absolute atomic E-state index is 11.7. The third kappa shape index (κ3) is 3.40. The number of methoxy groups -OCH3 is 1. The van der Waals surface area contributed by atoms with Gasteiger partial charge in [-0.3, -0.25) is 0 Å². The van der Waals surface area contributed by atoms with Gasteiger partial charge in [0.25, 0.3) is 0 Å². The van der Waals surface area contributed by atoms with E-state index in [-0.39, 0.29) is 0 Å². The molecule has 7 heteroatoms. The minimum Gasteiger partial charge on any atom is -0.465 e. The number of hydrogen-bond donors (Lipinski definition) is 2. The number of rotatable bonds is 5. The van der Waals surface area contributed by atoms with Gasteiger partial charge < -0.3 is 15.8 Å². The summed E-state index contributed by atoms with van der Waals surface area (Å²) in [5.41, 5.74) is 6.98. The smallest absolute Gasteiger partial charge is 0.340 e. The third-order valence-corrected chi connectivity index (χ3v) is 3.78. The first-order valence-corrected chi connectivity index (χ1v) is 7.17. The van der Waals surface area contributed by atoms with Crippen LogP contribution in [0, 0.1) is 0 Å². The van der Waals surface area contributed by atoms with E-state index in [4.69, 9.17) is 22.1 Å². The van der Waals surface area contributed by atoms with Crippen molar-refractivity contribution in [2.24, 2.45) is 0 Å². The Bertz CT molecular complexity index is 602. The van der Waals surface area contributed by atoms with Crippen LogP contribution in [0.15, 0.2) is 23.7 Å². The van der Waals surface area contributed by atoms with E-state index in [1.807, 2.05) is 5.38 Å². The molecule has 0 saturated carbocycles. The molecule has 1 heterocycles. The summed E-state index contributed by atoms with van der Waals surface area (Å²) >= 11 is 7.72. The molecule has 0 spiro atoms. The lowest BCUT2D eigenvalue weighted by Gasteiger charge is -2.13. The van der Waals surface area contributed by atoms with E-state index in [1.54, 1.807) is 29.7 Å². The summed E-state index contributed by atoms with van der Waals surface area (Å²) in [5, 5.41) is 6.47. The van der Waals surface area contributed by atoms with Crippen molar-refractivity contribution in [2.45, 2.75) is 6.42 Å². The first kappa shape index (κ1) is 14.6. The number of halogens is 1. The third-order valence-electron chi connectivity index (χ3n) is 2.64. The Morgan fingerprint density at radius 2 is 2.35 bits per heavy atom. The van der Waals surface area contributed by atoms with Crippen molar-refractivity contribution in [2.75, 3.05) is 24.7 Å². The van der Waals surface area contributed by atoms with Crippen LogP contribution in [0.25, 0.3) is 0 Å². The molecule has 0 atom stereocenters. The second-order valence-electron chi connectivity index (χ2n) is 4.02. The van der Waals surface area contributed by atoms with Crippen LogP contribution in [0.2, 0.25) is 5.02 Å². The van der Waals surface area contributed by atoms with Crippen LogP contribution in [-0.2, 0) is 11.2 Å². The first-order valence-electron chi connectivity index (χ1n) is 5.91. The monoisotopic (exact) mass is 311 g/mol. The molecular formula is C13H14ClN3O2S. The molecule has 0 aliphatic rings. The highest BCUT2D eigenvalue weighted by Gasteiger charge is 2.16. The van der Waals surface area contributed by atoms with Crippen LogP contribution in [0.4, 0.5) is 11.4 Å². The standard InChI is InChI=1S/C13H14ClN3O2S/c1-19-13(18)9-6-8(15)7-10(14)12(9)17-3-2-11-16-4-5-20-11/h4-7,17H,2-3,15H2,1H3. The fourth-order valence-electron chi connectivity index (χ4n) is 1.75. The maximum atomic E-state index is 11.7. The summed E-state index contributed by atoms with van der Waals surface area (Å²) in [6, 6.07) is 3.14.